The smallest absolute Gasteiger partial charge is 0.244 e. The Morgan fingerprint density at radius 3 is 2.56 bits per heavy atom. The van der Waals surface area contributed by atoms with E-state index in [1.807, 2.05) is 36.9 Å². The summed E-state index contributed by atoms with van der Waals surface area (Å²) in [6.07, 6.45) is 5.07. The summed E-state index contributed by atoms with van der Waals surface area (Å²) in [6, 6.07) is 5.98. The number of benzene rings is 1. The van der Waals surface area contributed by atoms with Crippen LogP contribution in [0.5, 0.6) is 11.5 Å². The maximum absolute atomic E-state index is 12.6. The zero-order valence-electron chi connectivity index (χ0n) is 22.2. The molecular formula is C27H42N4O5. The molecule has 2 aliphatic heterocycles. The third-order valence-corrected chi connectivity index (χ3v) is 6.70. The van der Waals surface area contributed by atoms with E-state index in [9.17, 15) is 9.59 Å². The van der Waals surface area contributed by atoms with Gasteiger partial charge in [0.25, 0.3) is 0 Å². The Kier molecular flexibility index (Phi) is 11.0. The van der Waals surface area contributed by atoms with Gasteiger partial charge in [0, 0.05) is 51.4 Å². The fraction of sp³-hybridized carbons (Fsp3) is 0.630. The van der Waals surface area contributed by atoms with Gasteiger partial charge in [-0.3, -0.25) is 14.5 Å². The van der Waals surface area contributed by atoms with Crippen molar-refractivity contribution < 1.29 is 23.8 Å². The van der Waals surface area contributed by atoms with Crippen molar-refractivity contribution in [3.8, 4) is 11.5 Å². The summed E-state index contributed by atoms with van der Waals surface area (Å²) >= 11 is 0. The number of hydrogen-bond acceptors (Lipinski definition) is 7. The number of piperidine rings is 1. The van der Waals surface area contributed by atoms with Crippen LogP contribution in [-0.2, 0) is 14.3 Å². The van der Waals surface area contributed by atoms with E-state index in [1.54, 1.807) is 13.2 Å². The van der Waals surface area contributed by atoms with E-state index in [2.05, 4.69) is 22.2 Å². The van der Waals surface area contributed by atoms with Crippen LogP contribution in [0.1, 0.15) is 32.3 Å². The Balaban J connectivity index is 1.37. The molecule has 2 amide bonds. The summed E-state index contributed by atoms with van der Waals surface area (Å²) in [5, 5.41) is 2.71. The lowest BCUT2D eigenvalue weighted by atomic mass is 10.0. The van der Waals surface area contributed by atoms with Crippen LogP contribution >= 0.6 is 0 Å². The minimum atomic E-state index is -0.303. The SMILES string of the molecule is COc1cc(/C=C/C(=O)NCC(=O)N2CCC(N(C)CCN3CCOCC3)CC2)ccc1OC(C)C. The zero-order chi connectivity index (χ0) is 25.9. The minimum absolute atomic E-state index is 0.00516. The molecule has 0 radical (unpaired) electrons. The Morgan fingerprint density at radius 1 is 1.17 bits per heavy atom. The van der Waals surface area contributed by atoms with Crippen LogP contribution in [0.25, 0.3) is 6.08 Å². The molecule has 2 fully saturated rings. The molecule has 0 aromatic heterocycles. The number of ether oxygens (including phenoxy) is 3. The first-order chi connectivity index (χ1) is 17.4. The molecule has 2 saturated heterocycles. The van der Waals surface area contributed by atoms with Gasteiger partial charge in [-0.1, -0.05) is 6.07 Å². The number of carbonyl (C=O) groups excluding carboxylic acids is 2. The number of morpholine rings is 1. The molecular weight excluding hydrogens is 460 g/mol. The minimum Gasteiger partial charge on any atom is -0.493 e. The lowest BCUT2D eigenvalue weighted by Crippen LogP contribution is -2.49. The average Bonchev–Trinajstić information content (AvgIpc) is 2.90. The largest absolute Gasteiger partial charge is 0.493 e. The third kappa shape index (κ3) is 8.80. The van der Waals surface area contributed by atoms with Gasteiger partial charge < -0.3 is 29.3 Å². The van der Waals surface area contributed by atoms with E-state index in [-0.39, 0.29) is 24.5 Å². The maximum atomic E-state index is 12.6. The van der Waals surface area contributed by atoms with Crippen LogP contribution in [0.4, 0.5) is 0 Å². The maximum Gasteiger partial charge on any atom is 0.244 e. The summed E-state index contributed by atoms with van der Waals surface area (Å²) < 4.78 is 16.5. The van der Waals surface area contributed by atoms with E-state index >= 15 is 0 Å². The van der Waals surface area contributed by atoms with E-state index in [0.717, 1.165) is 70.9 Å². The molecule has 36 heavy (non-hydrogen) atoms. The third-order valence-electron chi connectivity index (χ3n) is 6.70. The van der Waals surface area contributed by atoms with Crippen molar-refractivity contribution in [1.82, 2.24) is 20.0 Å². The summed E-state index contributed by atoms with van der Waals surface area (Å²) in [4.78, 5) is 31.6. The van der Waals surface area contributed by atoms with E-state index < -0.39 is 0 Å². The molecule has 2 aliphatic rings. The molecule has 0 atom stereocenters. The predicted molar refractivity (Wildman–Crippen MR) is 140 cm³/mol. The number of carbonyl (C=O) groups is 2. The van der Waals surface area contributed by atoms with Gasteiger partial charge in [0.1, 0.15) is 0 Å². The molecule has 0 unspecified atom stereocenters. The highest BCUT2D eigenvalue weighted by molar-refractivity contribution is 5.94. The van der Waals surface area contributed by atoms with Gasteiger partial charge in [0.2, 0.25) is 11.8 Å². The van der Waals surface area contributed by atoms with E-state index in [1.165, 1.54) is 6.08 Å². The quantitative estimate of drug-likeness (QED) is 0.463. The van der Waals surface area contributed by atoms with Gasteiger partial charge in [-0.2, -0.15) is 0 Å². The molecule has 1 aromatic rings. The Morgan fingerprint density at radius 2 is 1.89 bits per heavy atom. The van der Waals surface area contributed by atoms with Crippen molar-refractivity contribution in [2.45, 2.75) is 38.8 Å². The normalized spacial score (nSPS) is 17.7. The Labute approximate surface area is 215 Å². The van der Waals surface area contributed by atoms with Crippen molar-refractivity contribution >= 4 is 17.9 Å². The summed E-state index contributed by atoms with van der Waals surface area (Å²) in [5.41, 5.74) is 0.809. The van der Waals surface area contributed by atoms with Gasteiger partial charge in [-0.15, -0.1) is 0 Å². The number of hydrogen-bond donors (Lipinski definition) is 1. The van der Waals surface area contributed by atoms with Gasteiger partial charge in [-0.05, 0) is 57.5 Å². The number of likely N-dealkylation sites (tertiary alicyclic amines) is 1. The first-order valence-corrected chi connectivity index (χ1v) is 12.9. The van der Waals surface area contributed by atoms with Gasteiger partial charge >= 0.3 is 0 Å². The number of methoxy groups -OCH3 is 1. The first kappa shape index (κ1) is 28.0. The van der Waals surface area contributed by atoms with Crippen molar-refractivity contribution in [2.24, 2.45) is 0 Å². The molecule has 9 nitrogen and oxygen atoms in total. The highest BCUT2D eigenvalue weighted by atomic mass is 16.5. The topological polar surface area (TPSA) is 83.6 Å². The van der Waals surface area contributed by atoms with Crippen molar-refractivity contribution in [1.29, 1.82) is 0 Å². The molecule has 3 rings (SSSR count). The molecule has 0 spiro atoms. The van der Waals surface area contributed by atoms with Gasteiger partial charge in [-0.25, -0.2) is 0 Å². The second-order valence-electron chi connectivity index (χ2n) is 9.67. The van der Waals surface area contributed by atoms with Crippen LogP contribution in [-0.4, -0.2) is 112 Å². The van der Waals surface area contributed by atoms with Gasteiger partial charge in [0.05, 0.1) is 33.0 Å². The number of nitrogens with one attached hydrogen (secondary N) is 1. The van der Waals surface area contributed by atoms with Gasteiger partial charge in [0.15, 0.2) is 11.5 Å². The van der Waals surface area contributed by atoms with Crippen LogP contribution in [0.3, 0.4) is 0 Å². The summed E-state index contributed by atoms with van der Waals surface area (Å²) in [7, 11) is 3.76. The molecule has 2 heterocycles. The lowest BCUT2D eigenvalue weighted by molar-refractivity contribution is -0.133. The highest BCUT2D eigenvalue weighted by Gasteiger charge is 2.25. The fourth-order valence-corrected chi connectivity index (χ4v) is 4.51. The number of rotatable bonds is 11. The fourth-order valence-electron chi connectivity index (χ4n) is 4.51. The number of likely N-dealkylation sites (N-methyl/N-ethyl adjacent to an activating group) is 1. The second-order valence-corrected chi connectivity index (χ2v) is 9.67. The molecule has 0 aliphatic carbocycles. The van der Waals surface area contributed by atoms with Crippen LogP contribution in [0, 0.1) is 0 Å². The standard InChI is InChI=1S/C27H42N4O5/c1-21(2)36-24-7-5-22(19-25(24)34-4)6-8-26(32)28-20-27(33)31-11-9-23(10-12-31)29(3)13-14-30-15-17-35-18-16-30/h5-8,19,21,23H,9-18,20H2,1-4H3,(H,28,32)/b8-6+. The zero-order valence-corrected chi connectivity index (χ0v) is 22.2. The molecule has 1 aromatic carbocycles. The highest BCUT2D eigenvalue weighted by Crippen LogP contribution is 2.29. The average molecular weight is 503 g/mol. The second kappa shape index (κ2) is 14.2. The van der Waals surface area contributed by atoms with Crippen molar-refractivity contribution in [2.75, 3.05) is 73.2 Å². The van der Waals surface area contributed by atoms with Crippen molar-refractivity contribution in [3.05, 3.63) is 29.8 Å². The summed E-state index contributed by atoms with van der Waals surface area (Å²) in [5.74, 6) is 0.925. The lowest BCUT2D eigenvalue weighted by Gasteiger charge is -2.38. The number of nitrogens with zero attached hydrogens (tertiary/aromatic N) is 3. The predicted octanol–water partition coefficient (Wildman–Crippen LogP) is 1.87. The van der Waals surface area contributed by atoms with E-state index in [0.29, 0.717) is 17.5 Å². The molecule has 9 heteroatoms. The number of amides is 2. The van der Waals surface area contributed by atoms with E-state index in [4.69, 9.17) is 14.2 Å². The van der Waals surface area contributed by atoms with Crippen LogP contribution in [0.2, 0.25) is 0 Å². The Bertz CT molecular complexity index is 877. The molecule has 200 valence electrons. The van der Waals surface area contributed by atoms with Crippen molar-refractivity contribution in [3.63, 3.8) is 0 Å². The molecule has 1 N–H and O–H groups in total. The monoisotopic (exact) mass is 502 g/mol. The Hall–Kier alpha value is -2.62. The van der Waals surface area contributed by atoms with Crippen LogP contribution in [0.15, 0.2) is 24.3 Å². The molecule has 0 saturated carbocycles. The summed E-state index contributed by atoms with van der Waals surface area (Å²) in [6.45, 7) is 11.1. The van der Waals surface area contributed by atoms with Crippen LogP contribution < -0.4 is 14.8 Å². The molecule has 0 bridgehead atoms. The first-order valence-electron chi connectivity index (χ1n) is 12.9.